The molecular weight excluding hydrogens is 252 g/mol. The Balaban J connectivity index is 1.82. The third-order valence-corrected chi connectivity index (χ3v) is 3.82. The molecule has 4 nitrogen and oxygen atoms in total. The maximum Gasteiger partial charge on any atom is 0.228 e. The van der Waals surface area contributed by atoms with Gasteiger partial charge in [0.2, 0.25) is 5.91 Å². The van der Waals surface area contributed by atoms with Gasteiger partial charge in [0.25, 0.3) is 0 Å². The number of hydrogen-bond acceptors (Lipinski definition) is 3. The second-order valence-electron chi connectivity index (χ2n) is 5.34. The zero-order chi connectivity index (χ0) is 14.4. The second kappa shape index (κ2) is 7.39. The molecule has 0 aromatic carbocycles. The number of rotatable bonds is 6. The molecule has 1 aliphatic rings. The van der Waals surface area contributed by atoms with Crippen LogP contribution in [0.2, 0.25) is 0 Å². The highest BCUT2D eigenvalue weighted by Crippen LogP contribution is 2.17. The fourth-order valence-corrected chi connectivity index (χ4v) is 2.52. The molecule has 1 amide bonds. The van der Waals surface area contributed by atoms with E-state index in [0.717, 1.165) is 44.8 Å². The molecular formula is C16H24N2O2. The number of pyridine rings is 1. The van der Waals surface area contributed by atoms with Gasteiger partial charge in [-0.1, -0.05) is 13.0 Å². The lowest BCUT2D eigenvalue weighted by Crippen LogP contribution is -2.30. The summed E-state index contributed by atoms with van der Waals surface area (Å²) in [6.07, 6.45) is 4.30. The van der Waals surface area contributed by atoms with Crippen LogP contribution >= 0.6 is 0 Å². The van der Waals surface area contributed by atoms with Gasteiger partial charge in [-0.05, 0) is 31.4 Å². The summed E-state index contributed by atoms with van der Waals surface area (Å²) in [6, 6.07) is 4.02. The molecule has 1 fully saturated rings. The van der Waals surface area contributed by atoms with Gasteiger partial charge in [-0.25, -0.2) is 0 Å². The van der Waals surface area contributed by atoms with E-state index in [9.17, 15) is 4.79 Å². The van der Waals surface area contributed by atoms with Crippen molar-refractivity contribution < 1.29 is 9.53 Å². The molecule has 2 heterocycles. The molecule has 0 spiro atoms. The first-order chi connectivity index (χ1) is 9.72. The molecule has 1 atom stereocenters. The van der Waals surface area contributed by atoms with Gasteiger partial charge in [-0.3, -0.25) is 9.78 Å². The minimum absolute atomic E-state index is 0.181. The number of aryl methyl sites for hydroxylation is 1. The van der Waals surface area contributed by atoms with E-state index < -0.39 is 0 Å². The summed E-state index contributed by atoms with van der Waals surface area (Å²) in [6.45, 7) is 7.30. The van der Waals surface area contributed by atoms with Gasteiger partial charge in [-0.2, -0.15) is 0 Å². The Labute approximate surface area is 121 Å². The molecule has 1 aromatic rings. The van der Waals surface area contributed by atoms with Crippen LogP contribution in [-0.2, 0) is 22.4 Å². The van der Waals surface area contributed by atoms with Crippen LogP contribution in [-0.4, -0.2) is 42.1 Å². The van der Waals surface area contributed by atoms with E-state index in [1.54, 1.807) is 0 Å². The van der Waals surface area contributed by atoms with Crippen LogP contribution in [0.1, 0.15) is 31.5 Å². The standard InChI is InChI=1S/C16H24N2O2/c1-3-13-5-6-15(17-10-13)9-16(19)18-8-7-14(11-18)12-20-4-2/h5-6,10,14H,3-4,7-9,11-12H2,1-2H3/t14-/m1/s1. The van der Waals surface area contributed by atoms with E-state index in [4.69, 9.17) is 4.74 Å². The molecule has 1 aromatic heterocycles. The summed E-state index contributed by atoms with van der Waals surface area (Å²) < 4.78 is 5.44. The Morgan fingerprint density at radius 2 is 2.30 bits per heavy atom. The van der Waals surface area contributed by atoms with Crippen LogP contribution in [0.25, 0.3) is 0 Å². The third kappa shape index (κ3) is 4.04. The largest absolute Gasteiger partial charge is 0.381 e. The molecule has 0 bridgehead atoms. The third-order valence-electron chi connectivity index (χ3n) is 3.82. The highest BCUT2D eigenvalue weighted by molar-refractivity contribution is 5.78. The van der Waals surface area contributed by atoms with Crippen molar-refractivity contribution in [3.63, 3.8) is 0 Å². The number of hydrogen-bond donors (Lipinski definition) is 0. The summed E-state index contributed by atoms with van der Waals surface area (Å²) in [7, 11) is 0. The smallest absolute Gasteiger partial charge is 0.228 e. The molecule has 0 radical (unpaired) electrons. The Morgan fingerprint density at radius 1 is 1.45 bits per heavy atom. The van der Waals surface area contributed by atoms with Crippen LogP contribution in [0, 0.1) is 5.92 Å². The van der Waals surface area contributed by atoms with Gasteiger partial charge in [-0.15, -0.1) is 0 Å². The van der Waals surface area contributed by atoms with E-state index in [0.29, 0.717) is 12.3 Å². The van der Waals surface area contributed by atoms with Crippen molar-refractivity contribution in [3.05, 3.63) is 29.6 Å². The van der Waals surface area contributed by atoms with Crippen molar-refractivity contribution in [2.45, 2.75) is 33.1 Å². The van der Waals surface area contributed by atoms with Gasteiger partial charge >= 0.3 is 0 Å². The van der Waals surface area contributed by atoms with E-state index >= 15 is 0 Å². The lowest BCUT2D eigenvalue weighted by atomic mass is 10.1. The van der Waals surface area contributed by atoms with Crippen LogP contribution in [0.4, 0.5) is 0 Å². The molecule has 1 saturated heterocycles. The molecule has 110 valence electrons. The van der Waals surface area contributed by atoms with Gasteiger partial charge in [0.1, 0.15) is 0 Å². The minimum atomic E-state index is 0.181. The molecule has 0 N–H and O–H groups in total. The van der Waals surface area contributed by atoms with Crippen LogP contribution in [0.5, 0.6) is 0 Å². The molecule has 0 saturated carbocycles. The minimum Gasteiger partial charge on any atom is -0.381 e. The first-order valence-electron chi connectivity index (χ1n) is 7.52. The Bertz CT molecular complexity index is 431. The lowest BCUT2D eigenvalue weighted by Gasteiger charge is -2.16. The van der Waals surface area contributed by atoms with Gasteiger partial charge in [0, 0.05) is 37.5 Å². The van der Waals surface area contributed by atoms with Gasteiger partial charge in [0.05, 0.1) is 13.0 Å². The predicted octanol–water partition coefficient (Wildman–Crippen LogP) is 2.07. The normalized spacial score (nSPS) is 18.5. The van der Waals surface area contributed by atoms with Crippen LogP contribution < -0.4 is 0 Å². The number of likely N-dealkylation sites (tertiary alicyclic amines) is 1. The maximum atomic E-state index is 12.2. The average Bonchev–Trinajstić information content (AvgIpc) is 2.95. The zero-order valence-electron chi connectivity index (χ0n) is 12.5. The van der Waals surface area contributed by atoms with Crippen LogP contribution in [0.15, 0.2) is 18.3 Å². The SMILES string of the molecule is CCOC[C@@H]1CCN(C(=O)Cc2ccc(CC)cn2)C1. The summed E-state index contributed by atoms with van der Waals surface area (Å²) in [5.74, 6) is 0.676. The number of ether oxygens (including phenoxy) is 1. The number of nitrogens with zero attached hydrogens (tertiary/aromatic N) is 2. The Kier molecular flexibility index (Phi) is 5.53. The van der Waals surface area contributed by atoms with E-state index in [1.165, 1.54) is 5.56 Å². The molecule has 1 aliphatic heterocycles. The molecule has 2 rings (SSSR count). The van der Waals surface area contributed by atoms with Crippen molar-refractivity contribution in [2.24, 2.45) is 5.92 Å². The van der Waals surface area contributed by atoms with Crippen molar-refractivity contribution in [2.75, 3.05) is 26.3 Å². The Hall–Kier alpha value is -1.42. The molecule has 0 unspecified atom stereocenters. The predicted molar refractivity (Wildman–Crippen MR) is 78.5 cm³/mol. The fraction of sp³-hybridized carbons (Fsp3) is 0.625. The fourth-order valence-electron chi connectivity index (χ4n) is 2.52. The topological polar surface area (TPSA) is 42.4 Å². The number of aromatic nitrogens is 1. The Morgan fingerprint density at radius 3 is 2.95 bits per heavy atom. The average molecular weight is 276 g/mol. The molecule has 4 heteroatoms. The second-order valence-corrected chi connectivity index (χ2v) is 5.34. The van der Waals surface area contributed by atoms with Crippen molar-refractivity contribution in [1.82, 2.24) is 9.88 Å². The zero-order valence-corrected chi connectivity index (χ0v) is 12.5. The summed E-state index contributed by atoms with van der Waals surface area (Å²) in [5.41, 5.74) is 2.07. The quantitative estimate of drug-likeness (QED) is 0.799. The van der Waals surface area contributed by atoms with Gasteiger partial charge in [0.15, 0.2) is 0 Å². The first kappa shape index (κ1) is 15.0. The summed E-state index contributed by atoms with van der Waals surface area (Å²) in [5, 5.41) is 0. The van der Waals surface area contributed by atoms with Crippen LogP contribution in [0.3, 0.4) is 0 Å². The van der Waals surface area contributed by atoms with Gasteiger partial charge < -0.3 is 9.64 Å². The number of carbonyl (C=O) groups excluding carboxylic acids is 1. The van der Waals surface area contributed by atoms with Crippen molar-refractivity contribution in [3.8, 4) is 0 Å². The molecule has 0 aliphatic carbocycles. The van der Waals surface area contributed by atoms with Crippen molar-refractivity contribution >= 4 is 5.91 Å². The van der Waals surface area contributed by atoms with E-state index in [1.807, 2.05) is 24.1 Å². The monoisotopic (exact) mass is 276 g/mol. The highest BCUT2D eigenvalue weighted by atomic mass is 16.5. The molecule has 20 heavy (non-hydrogen) atoms. The van der Waals surface area contributed by atoms with E-state index in [-0.39, 0.29) is 5.91 Å². The van der Waals surface area contributed by atoms with Crippen molar-refractivity contribution in [1.29, 1.82) is 0 Å². The van der Waals surface area contributed by atoms with E-state index in [2.05, 4.69) is 18.0 Å². The summed E-state index contributed by atoms with van der Waals surface area (Å²) >= 11 is 0. The first-order valence-corrected chi connectivity index (χ1v) is 7.52. The summed E-state index contributed by atoms with van der Waals surface area (Å²) in [4.78, 5) is 18.5. The number of amides is 1. The highest BCUT2D eigenvalue weighted by Gasteiger charge is 2.26. The maximum absolute atomic E-state index is 12.2. The lowest BCUT2D eigenvalue weighted by molar-refractivity contribution is -0.129. The number of carbonyl (C=O) groups is 1.